The summed E-state index contributed by atoms with van der Waals surface area (Å²) in [5.41, 5.74) is 1.76. The standard InChI is InChI=1S/C21H26N2O2/c1-21(10-4-5-11-21)20(25)23-13-16(19(24)14-23)12-17-9-8-15-6-2-3-7-18(15)22-17/h2-3,6-9,16,19,24H,4-5,10-14H2,1H3/t16-,19-/m1/s1. The summed E-state index contributed by atoms with van der Waals surface area (Å²) in [5, 5.41) is 11.6. The van der Waals surface area contributed by atoms with Gasteiger partial charge in [0.2, 0.25) is 5.91 Å². The van der Waals surface area contributed by atoms with Crippen molar-refractivity contribution >= 4 is 16.8 Å². The average Bonchev–Trinajstić information content (AvgIpc) is 3.21. The first kappa shape index (κ1) is 16.5. The van der Waals surface area contributed by atoms with Crippen molar-refractivity contribution in [2.75, 3.05) is 13.1 Å². The highest BCUT2D eigenvalue weighted by atomic mass is 16.3. The number of fused-ring (bicyclic) bond motifs is 1. The molecule has 4 rings (SSSR count). The zero-order valence-electron chi connectivity index (χ0n) is 14.8. The van der Waals surface area contributed by atoms with Crippen LogP contribution in [0.25, 0.3) is 10.9 Å². The second-order valence-electron chi connectivity index (χ2n) is 8.00. The Bertz CT molecular complexity index is 782. The predicted octanol–water partition coefficient (Wildman–Crippen LogP) is 3.18. The van der Waals surface area contributed by atoms with Crippen LogP contribution < -0.4 is 0 Å². The molecule has 2 atom stereocenters. The van der Waals surface area contributed by atoms with Gasteiger partial charge >= 0.3 is 0 Å². The van der Waals surface area contributed by atoms with Crippen molar-refractivity contribution in [3.63, 3.8) is 0 Å². The van der Waals surface area contributed by atoms with Gasteiger partial charge in [-0.2, -0.15) is 0 Å². The van der Waals surface area contributed by atoms with Crippen molar-refractivity contribution in [3.05, 3.63) is 42.1 Å². The van der Waals surface area contributed by atoms with Crippen molar-refractivity contribution in [3.8, 4) is 0 Å². The Morgan fingerprint density at radius 2 is 1.96 bits per heavy atom. The first-order valence-electron chi connectivity index (χ1n) is 9.37. The number of rotatable bonds is 3. The van der Waals surface area contributed by atoms with E-state index in [1.165, 1.54) is 0 Å². The number of nitrogens with zero attached hydrogens (tertiary/aromatic N) is 2. The number of para-hydroxylation sites is 1. The smallest absolute Gasteiger partial charge is 0.228 e. The lowest BCUT2D eigenvalue weighted by Gasteiger charge is -2.28. The van der Waals surface area contributed by atoms with Crippen molar-refractivity contribution in [1.82, 2.24) is 9.88 Å². The first-order valence-corrected chi connectivity index (χ1v) is 9.37. The van der Waals surface area contributed by atoms with E-state index in [4.69, 9.17) is 4.98 Å². The molecule has 0 radical (unpaired) electrons. The molecule has 2 aromatic rings. The normalized spacial score (nSPS) is 25.6. The van der Waals surface area contributed by atoms with E-state index in [-0.39, 0.29) is 17.2 Å². The van der Waals surface area contributed by atoms with Gasteiger partial charge in [-0.25, -0.2) is 0 Å². The number of β-amino-alcohol motifs (C(OH)–C–C–N with tert-alkyl or cyclic N) is 1. The molecule has 1 aromatic carbocycles. The number of carbonyl (C=O) groups is 1. The molecule has 0 spiro atoms. The number of pyridine rings is 1. The van der Waals surface area contributed by atoms with E-state index < -0.39 is 6.10 Å². The summed E-state index contributed by atoms with van der Waals surface area (Å²) in [6.45, 7) is 3.20. The highest BCUT2D eigenvalue weighted by Gasteiger charge is 2.43. The Labute approximate surface area is 148 Å². The van der Waals surface area contributed by atoms with Gasteiger partial charge in [-0.05, 0) is 31.4 Å². The fourth-order valence-electron chi connectivity index (χ4n) is 4.46. The summed E-state index contributed by atoms with van der Waals surface area (Å²) in [6, 6.07) is 12.2. The highest BCUT2D eigenvalue weighted by molar-refractivity contribution is 5.83. The Hall–Kier alpha value is -1.94. The number of benzene rings is 1. The lowest BCUT2D eigenvalue weighted by Crippen LogP contribution is -2.40. The maximum absolute atomic E-state index is 12.9. The molecule has 2 fully saturated rings. The summed E-state index contributed by atoms with van der Waals surface area (Å²) < 4.78 is 0. The lowest BCUT2D eigenvalue weighted by atomic mass is 9.87. The van der Waals surface area contributed by atoms with Crippen molar-refractivity contribution in [1.29, 1.82) is 0 Å². The van der Waals surface area contributed by atoms with Crippen LogP contribution in [-0.2, 0) is 11.2 Å². The summed E-state index contributed by atoms with van der Waals surface area (Å²) >= 11 is 0. The van der Waals surface area contributed by atoms with E-state index in [1.54, 1.807) is 0 Å². The molecule has 1 aromatic heterocycles. The Kier molecular flexibility index (Phi) is 4.24. The van der Waals surface area contributed by atoms with E-state index in [0.29, 0.717) is 19.5 Å². The zero-order valence-corrected chi connectivity index (χ0v) is 14.8. The maximum atomic E-state index is 12.9. The second-order valence-corrected chi connectivity index (χ2v) is 8.00. The van der Waals surface area contributed by atoms with Gasteiger partial charge in [0.1, 0.15) is 0 Å². The summed E-state index contributed by atoms with van der Waals surface area (Å²) in [6.07, 6.45) is 4.51. The van der Waals surface area contributed by atoms with E-state index in [2.05, 4.69) is 19.1 Å². The molecule has 4 nitrogen and oxygen atoms in total. The van der Waals surface area contributed by atoms with Crippen LogP contribution in [0.3, 0.4) is 0 Å². The average molecular weight is 338 g/mol. The lowest BCUT2D eigenvalue weighted by molar-refractivity contribution is -0.140. The van der Waals surface area contributed by atoms with E-state index in [9.17, 15) is 9.90 Å². The van der Waals surface area contributed by atoms with Crippen molar-refractivity contribution < 1.29 is 9.90 Å². The van der Waals surface area contributed by atoms with Crippen LogP contribution in [0.15, 0.2) is 36.4 Å². The topological polar surface area (TPSA) is 53.4 Å². The molecular weight excluding hydrogens is 312 g/mol. The number of amides is 1. The first-order chi connectivity index (χ1) is 12.0. The molecule has 1 N–H and O–H groups in total. The molecule has 1 amide bonds. The maximum Gasteiger partial charge on any atom is 0.228 e. The zero-order chi connectivity index (χ0) is 17.4. The number of likely N-dealkylation sites (tertiary alicyclic amines) is 1. The number of carbonyl (C=O) groups excluding carboxylic acids is 1. The van der Waals surface area contributed by atoms with E-state index in [1.807, 2.05) is 29.2 Å². The number of aromatic nitrogens is 1. The Balaban J connectivity index is 1.46. The molecule has 2 aliphatic rings. The minimum absolute atomic E-state index is 0.0719. The molecule has 25 heavy (non-hydrogen) atoms. The van der Waals surface area contributed by atoms with Crippen LogP contribution >= 0.6 is 0 Å². The monoisotopic (exact) mass is 338 g/mol. The minimum Gasteiger partial charge on any atom is -0.391 e. The summed E-state index contributed by atoms with van der Waals surface area (Å²) in [4.78, 5) is 19.5. The molecule has 1 aliphatic carbocycles. The molecule has 1 saturated carbocycles. The fraction of sp³-hybridized carbons (Fsp3) is 0.524. The van der Waals surface area contributed by atoms with Crippen LogP contribution in [0.4, 0.5) is 0 Å². The Morgan fingerprint density at radius 3 is 2.76 bits per heavy atom. The summed E-state index contributed by atoms with van der Waals surface area (Å²) in [5.74, 6) is 0.306. The van der Waals surface area contributed by atoms with E-state index in [0.717, 1.165) is 42.3 Å². The molecule has 0 unspecified atom stereocenters. The summed E-state index contributed by atoms with van der Waals surface area (Å²) in [7, 11) is 0. The molecule has 1 aliphatic heterocycles. The SMILES string of the molecule is CC1(C(=O)N2C[C@@H](Cc3ccc4ccccc4n3)[C@H](O)C2)CCCC1. The van der Waals surface area contributed by atoms with Gasteiger partial charge in [0.15, 0.2) is 0 Å². The molecule has 2 heterocycles. The van der Waals surface area contributed by atoms with Gasteiger partial charge in [-0.3, -0.25) is 9.78 Å². The highest BCUT2D eigenvalue weighted by Crippen LogP contribution is 2.40. The van der Waals surface area contributed by atoms with Gasteiger partial charge in [-0.15, -0.1) is 0 Å². The third kappa shape index (κ3) is 3.15. The van der Waals surface area contributed by atoms with Gasteiger partial charge in [0.25, 0.3) is 0 Å². The quantitative estimate of drug-likeness (QED) is 0.935. The fourth-order valence-corrected chi connectivity index (χ4v) is 4.46. The number of aliphatic hydroxyl groups excluding tert-OH is 1. The van der Waals surface area contributed by atoms with Crippen molar-refractivity contribution in [2.45, 2.75) is 45.1 Å². The van der Waals surface area contributed by atoms with E-state index >= 15 is 0 Å². The number of hydrogen-bond donors (Lipinski definition) is 1. The van der Waals surface area contributed by atoms with Crippen LogP contribution in [-0.4, -0.2) is 40.1 Å². The minimum atomic E-state index is -0.456. The predicted molar refractivity (Wildman–Crippen MR) is 98.1 cm³/mol. The third-order valence-electron chi connectivity index (χ3n) is 6.04. The molecule has 1 saturated heterocycles. The van der Waals surface area contributed by atoms with Gasteiger partial charge in [0, 0.05) is 35.5 Å². The van der Waals surface area contributed by atoms with Crippen LogP contribution in [0.2, 0.25) is 0 Å². The molecule has 4 heteroatoms. The van der Waals surface area contributed by atoms with Crippen molar-refractivity contribution in [2.24, 2.45) is 11.3 Å². The largest absolute Gasteiger partial charge is 0.391 e. The number of hydrogen-bond acceptors (Lipinski definition) is 3. The number of aliphatic hydroxyl groups is 1. The second kappa shape index (κ2) is 6.41. The van der Waals surface area contributed by atoms with Gasteiger partial charge in [-0.1, -0.05) is 44.0 Å². The van der Waals surface area contributed by atoms with Gasteiger partial charge in [0.05, 0.1) is 11.6 Å². The third-order valence-corrected chi connectivity index (χ3v) is 6.04. The van der Waals surface area contributed by atoms with Crippen LogP contribution in [0.1, 0.15) is 38.3 Å². The van der Waals surface area contributed by atoms with Crippen LogP contribution in [0.5, 0.6) is 0 Å². The van der Waals surface area contributed by atoms with Crippen LogP contribution in [0, 0.1) is 11.3 Å². The molecule has 132 valence electrons. The molecule has 0 bridgehead atoms. The molecular formula is C21H26N2O2. The van der Waals surface area contributed by atoms with Gasteiger partial charge < -0.3 is 10.0 Å². The Morgan fingerprint density at radius 1 is 1.20 bits per heavy atom.